The molecule has 3 aromatic carbocycles. The lowest BCUT2D eigenvalue weighted by Crippen LogP contribution is -2.13. The number of anilines is 3. The number of H-pyrrole nitrogens is 1. The summed E-state index contributed by atoms with van der Waals surface area (Å²) in [5.41, 5.74) is 12.0. The topological polar surface area (TPSA) is 126 Å². The smallest absolute Gasteiger partial charge is 0.255 e. The molecule has 0 aliphatic carbocycles. The Morgan fingerprint density at radius 2 is 1.45 bits per heavy atom. The van der Waals surface area contributed by atoms with Crippen LogP contribution in [0, 0.1) is 6.92 Å². The fourth-order valence-electron chi connectivity index (χ4n) is 3.65. The predicted molar refractivity (Wildman–Crippen MR) is 129 cm³/mol. The fraction of sp³-hybridized carbons (Fsp3) is 0.0400. The van der Waals surface area contributed by atoms with Crippen LogP contribution in [0.25, 0.3) is 21.9 Å². The normalized spacial score (nSPS) is 10.9. The summed E-state index contributed by atoms with van der Waals surface area (Å²) in [7, 11) is 0. The van der Waals surface area contributed by atoms with Gasteiger partial charge in [-0.05, 0) is 73.7 Å². The van der Waals surface area contributed by atoms with Gasteiger partial charge in [0.1, 0.15) is 0 Å². The number of amides is 2. The molecule has 2 amide bonds. The largest absolute Gasteiger partial charge is 0.398 e. The number of nitrogens with one attached hydrogen (secondary N) is 3. The highest BCUT2D eigenvalue weighted by atomic mass is 16.2. The highest BCUT2D eigenvalue weighted by Gasteiger charge is 2.11. The summed E-state index contributed by atoms with van der Waals surface area (Å²) in [6, 6.07) is 19.2. The van der Waals surface area contributed by atoms with Gasteiger partial charge in [-0.2, -0.15) is 0 Å². The van der Waals surface area contributed by atoms with Crippen LogP contribution in [0.2, 0.25) is 0 Å². The highest BCUT2D eigenvalue weighted by molar-refractivity contribution is 6.08. The van der Waals surface area contributed by atoms with Crippen LogP contribution in [0.1, 0.15) is 26.4 Å². The minimum absolute atomic E-state index is 0.241. The number of benzene rings is 3. The van der Waals surface area contributed by atoms with Crippen LogP contribution in [0.5, 0.6) is 0 Å². The van der Waals surface area contributed by atoms with E-state index in [9.17, 15) is 9.59 Å². The molecule has 0 saturated heterocycles. The van der Waals surface area contributed by atoms with Crippen molar-refractivity contribution in [3.8, 4) is 0 Å². The highest BCUT2D eigenvalue weighted by Crippen LogP contribution is 2.23. The first-order valence-corrected chi connectivity index (χ1v) is 10.3. The number of pyridine rings is 1. The summed E-state index contributed by atoms with van der Waals surface area (Å²) >= 11 is 0. The van der Waals surface area contributed by atoms with Crippen LogP contribution in [-0.4, -0.2) is 26.8 Å². The van der Waals surface area contributed by atoms with E-state index in [1.54, 1.807) is 67.0 Å². The summed E-state index contributed by atoms with van der Waals surface area (Å²) in [6.07, 6.45) is 1.59. The van der Waals surface area contributed by atoms with Crippen LogP contribution in [0.4, 0.5) is 17.1 Å². The molecular weight excluding hydrogens is 416 g/mol. The van der Waals surface area contributed by atoms with E-state index in [2.05, 4.69) is 25.6 Å². The Hall–Kier alpha value is -4.72. The quantitative estimate of drug-likeness (QED) is 0.330. The lowest BCUT2D eigenvalue weighted by Gasteiger charge is -2.09. The SMILES string of the molecule is Cc1cc(N)c2cc(C(=O)Nc3ccc(NC(=O)c4ccc5[nH]cnc5c4)cc3)ccc2n1. The Balaban J connectivity index is 1.28. The number of aromatic nitrogens is 3. The summed E-state index contributed by atoms with van der Waals surface area (Å²) in [5, 5.41) is 6.44. The van der Waals surface area contributed by atoms with Gasteiger partial charge in [-0.3, -0.25) is 14.6 Å². The van der Waals surface area contributed by atoms with Crippen molar-refractivity contribution >= 4 is 50.8 Å². The zero-order valence-corrected chi connectivity index (χ0v) is 17.7. The molecule has 0 aliphatic heterocycles. The Kier molecular flexibility index (Phi) is 4.95. The van der Waals surface area contributed by atoms with Crippen molar-refractivity contribution in [2.24, 2.45) is 0 Å². The molecular formula is C25H20N6O2. The molecule has 5 aromatic rings. The van der Waals surface area contributed by atoms with E-state index >= 15 is 0 Å². The van der Waals surface area contributed by atoms with Gasteiger partial charge in [-0.1, -0.05) is 0 Å². The molecule has 0 aliphatic rings. The Labute approximate surface area is 188 Å². The third-order valence-corrected chi connectivity index (χ3v) is 5.32. The van der Waals surface area contributed by atoms with Gasteiger partial charge in [0.2, 0.25) is 0 Å². The first-order valence-electron chi connectivity index (χ1n) is 10.3. The number of hydrogen-bond donors (Lipinski definition) is 4. The van der Waals surface area contributed by atoms with Crippen molar-refractivity contribution in [2.45, 2.75) is 6.92 Å². The van der Waals surface area contributed by atoms with Crippen molar-refractivity contribution in [1.82, 2.24) is 15.0 Å². The first-order chi connectivity index (χ1) is 16.0. The number of aromatic amines is 1. The van der Waals surface area contributed by atoms with Gasteiger partial charge < -0.3 is 21.4 Å². The summed E-state index contributed by atoms with van der Waals surface area (Å²) in [6.45, 7) is 1.88. The van der Waals surface area contributed by atoms with Crippen molar-refractivity contribution in [1.29, 1.82) is 0 Å². The van der Waals surface area contributed by atoms with Crippen molar-refractivity contribution < 1.29 is 9.59 Å². The zero-order chi connectivity index (χ0) is 22.9. The van der Waals surface area contributed by atoms with Crippen LogP contribution in [-0.2, 0) is 0 Å². The summed E-state index contributed by atoms with van der Waals surface area (Å²) in [5.74, 6) is -0.504. The molecule has 162 valence electrons. The maximum Gasteiger partial charge on any atom is 0.255 e. The molecule has 2 aromatic heterocycles. The van der Waals surface area contributed by atoms with Gasteiger partial charge >= 0.3 is 0 Å². The molecule has 5 N–H and O–H groups in total. The van der Waals surface area contributed by atoms with Gasteiger partial charge in [0.25, 0.3) is 11.8 Å². The lowest BCUT2D eigenvalue weighted by molar-refractivity contribution is 0.101. The Bertz CT molecular complexity index is 1520. The second-order valence-electron chi connectivity index (χ2n) is 7.70. The molecule has 5 rings (SSSR count). The third kappa shape index (κ3) is 4.09. The maximum atomic E-state index is 12.7. The van der Waals surface area contributed by atoms with Gasteiger partial charge in [0.15, 0.2) is 0 Å². The molecule has 0 bridgehead atoms. The number of hydrogen-bond acceptors (Lipinski definition) is 5. The summed E-state index contributed by atoms with van der Waals surface area (Å²) < 4.78 is 0. The van der Waals surface area contributed by atoms with Crippen molar-refractivity contribution in [3.63, 3.8) is 0 Å². The van der Waals surface area contributed by atoms with Crippen LogP contribution in [0.15, 0.2) is 73.1 Å². The average molecular weight is 436 g/mol. The van der Waals surface area contributed by atoms with E-state index in [0.29, 0.717) is 28.2 Å². The van der Waals surface area contributed by atoms with Gasteiger partial charge in [-0.25, -0.2) is 4.98 Å². The molecule has 0 fully saturated rings. The minimum atomic E-state index is -0.263. The molecule has 0 atom stereocenters. The number of aryl methyl sites for hydroxylation is 1. The van der Waals surface area contributed by atoms with Crippen LogP contribution >= 0.6 is 0 Å². The molecule has 33 heavy (non-hydrogen) atoms. The fourth-order valence-corrected chi connectivity index (χ4v) is 3.65. The van der Waals surface area contributed by atoms with E-state index in [0.717, 1.165) is 27.6 Å². The van der Waals surface area contributed by atoms with E-state index in [1.807, 2.05) is 13.0 Å². The van der Waals surface area contributed by atoms with Crippen molar-refractivity contribution in [2.75, 3.05) is 16.4 Å². The Morgan fingerprint density at radius 3 is 2.15 bits per heavy atom. The van der Waals surface area contributed by atoms with E-state index < -0.39 is 0 Å². The lowest BCUT2D eigenvalue weighted by atomic mass is 10.1. The molecule has 2 heterocycles. The monoisotopic (exact) mass is 436 g/mol. The van der Waals surface area contributed by atoms with Gasteiger partial charge in [0, 0.05) is 39.3 Å². The maximum absolute atomic E-state index is 12.7. The minimum Gasteiger partial charge on any atom is -0.398 e. The number of fused-ring (bicyclic) bond motifs is 2. The molecule has 8 nitrogen and oxygen atoms in total. The number of carbonyl (C=O) groups excluding carboxylic acids is 2. The second-order valence-corrected chi connectivity index (χ2v) is 7.70. The zero-order valence-electron chi connectivity index (χ0n) is 17.7. The molecule has 8 heteroatoms. The average Bonchev–Trinajstić information content (AvgIpc) is 3.28. The number of carbonyl (C=O) groups is 2. The molecule has 0 spiro atoms. The van der Waals surface area contributed by atoms with E-state index in [-0.39, 0.29) is 11.8 Å². The summed E-state index contributed by atoms with van der Waals surface area (Å²) in [4.78, 5) is 36.9. The van der Waals surface area contributed by atoms with Crippen LogP contribution < -0.4 is 16.4 Å². The molecule has 0 radical (unpaired) electrons. The van der Waals surface area contributed by atoms with Crippen molar-refractivity contribution in [3.05, 3.63) is 89.9 Å². The number of imidazole rings is 1. The molecule has 0 unspecified atom stereocenters. The number of nitrogens with two attached hydrogens (primary N) is 1. The number of nitrogens with zero attached hydrogens (tertiary/aromatic N) is 2. The van der Waals surface area contributed by atoms with Crippen LogP contribution in [0.3, 0.4) is 0 Å². The van der Waals surface area contributed by atoms with Gasteiger partial charge in [0.05, 0.1) is 22.9 Å². The first kappa shape index (κ1) is 20.2. The molecule has 0 saturated carbocycles. The third-order valence-electron chi connectivity index (χ3n) is 5.32. The predicted octanol–water partition coefficient (Wildman–Crippen LogP) is 4.51. The Morgan fingerprint density at radius 1 is 0.818 bits per heavy atom. The van der Waals surface area contributed by atoms with E-state index in [1.165, 1.54) is 0 Å². The number of nitrogen functional groups attached to an aromatic ring is 1. The second kappa shape index (κ2) is 8.08. The van der Waals surface area contributed by atoms with Gasteiger partial charge in [-0.15, -0.1) is 0 Å². The van der Waals surface area contributed by atoms with E-state index in [4.69, 9.17) is 5.73 Å². The number of rotatable bonds is 4. The standard InChI is InChI=1S/C25H20N6O2/c1-14-10-20(26)19-11-15(2-8-21(19)29-14)24(32)30-17-4-6-18(7-5-17)31-25(33)16-3-9-22-23(12-16)28-13-27-22/h2-13H,1H3,(H2,26,29)(H,27,28)(H,30,32)(H,31,33).